The summed E-state index contributed by atoms with van der Waals surface area (Å²) in [6.45, 7) is 1.67. The van der Waals surface area contributed by atoms with Crippen molar-refractivity contribution in [2.24, 2.45) is 0 Å². The Labute approximate surface area is 156 Å². The van der Waals surface area contributed by atoms with Gasteiger partial charge >= 0.3 is 11.9 Å². The number of amides is 1. The van der Waals surface area contributed by atoms with E-state index < -0.39 is 11.9 Å². The molecule has 0 atom stereocenters. The van der Waals surface area contributed by atoms with E-state index in [4.69, 9.17) is 4.42 Å². The Morgan fingerprint density at radius 2 is 1.63 bits per heavy atom. The molecule has 1 heterocycles. The minimum absolute atomic E-state index is 0.0695. The number of nitrogens with zero attached hydrogens (tertiary/aromatic N) is 1. The van der Waals surface area contributed by atoms with Crippen LogP contribution >= 0.6 is 0 Å². The molecule has 0 bridgehead atoms. The highest BCUT2D eigenvalue weighted by Gasteiger charge is 2.26. The van der Waals surface area contributed by atoms with Crippen LogP contribution in [-0.2, 0) is 14.3 Å². The van der Waals surface area contributed by atoms with Gasteiger partial charge in [0, 0.05) is 11.1 Å². The number of benzene rings is 2. The fraction of sp³-hybridized carbons (Fsp3) is 0.0952. The van der Waals surface area contributed by atoms with Crippen LogP contribution in [0.4, 0.5) is 5.88 Å². The van der Waals surface area contributed by atoms with Gasteiger partial charge in [-0.05, 0) is 12.5 Å². The SMILES string of the molecule is CCOC(=O)C(=O)Nc1oc(-c2ccccc2)c(-c2ccccc2)c1C#N. The summed E-state index contributed by atoms with van der Waals surface area (Å²) in [5, 5.41) is 12.0. The van der Waals surface area contributed by atoms with Crippen molar-refractivity contribution in [3.63, 3.8) is 0 Å². The van der Waals surface area contributed by atoms with Crippen LogP contribution in [0.25, 0.3) is 22.5 Å². The molecule has 134 valence electrons. The van der Waals surface area contributed by atoms with E-state index in [0.29, 0.717) is 11.3 Å². The third-order valence-electron chi connectivity index (χ3n) is 3.81. The largest absolute Gasteiger partial charge is 0.459 e. The molecule has 3 rings (SSSR count). The summed E-state index contributed by atoms with van der Waals surface area (Å²) in [4.78, 5) is 23.6. The number of nitriles is 1. The van der Waals surface area contributed by atoms with E-state index >= 15 is 0 Å². The van der Waals surface area contributed by atoms with Gasteiger partial charge in [-0.25, -0.2) is 4.79 Å². The zero-order valence-corrected chi connectivity index (χ0v) is 14.6. The number of esters is 1. The van der Waals surface area contributed by atoms with Crippen molar-refractivity contribution >= 4 is 17.8 Å². The van der Waals surface area contributed by atoms with E-state index in [9.17, 15) is 14.9 Å². The minimum Gasteiger partial charge on any atom is -0.459 e. The van der Waals surface area contributed by atoms with Gasteiger partial charge in [0.2, 0.25) is 5.88 Å². The van der Waals surface area contributed by atoms with E-state index in [1.54, 1.807) is 6.92 Å². The number of carbonyl (C=O) groups excluding carboxylic acids is 2. The molecule has 27 heavy (non-hydrogen) atoms. The molecule has 2 aromatic carbocycles. The maximum Gasteiger partial charge on any atom is 0.397 e. The summed E-state index contributed by atoms with van der Waals surface area (Å²) >= 11 is 0. The van der Waals surface area contributed by atoms with Gasteiger partial charge in [0.15, 0.2) is 0 Å². The molecule has 0 spiro atoms. The molecule has 1 aromatic heterocycles. The summed E-state index contributed by atoms with van der Waals surface area (Å²) < 4.78 is 10.5. The smallest absolute Gasteiger partial charge is 0.397 e. The Hall–Kier alpha value is -3.85. The van der Waals surface area contributed by atoms with Crippen molar-refractivity contribution in [1.29, 1.82) is 5.26 Å². The second kappa shape index (κ2) is 8.02. The Bertz CT molecular complexity index is 1000. The first-order valence-electron chi connectivity index (χ1n) is 8.31. The van der Waals surface area contributed by atoms with Crippen molar-refractivity contribution in [3.8, 4) is 28.5 Å². The lowest BCUT2D eigenvalue weighted by molar-refractivity contribution is -0.152. The van der Waals surface area contributed by atoms with E-state index in [1.165, 1.54) is 0 Å². The highest BCUT2D eigenvalue weighted by Crippen LogP contribution is 2.41. The van der Waals surface area contributed by atoms with Crippen molar-refractivity contribution in [3.05, 3.63) is 66.2 Å². The van der Waals surface area contributed by atoms with Crippen LogP contribution in [0.2, 0.25) is 0 Å². The Morgan fingerprint density at radius 1 is 1.04 bits per heavy atom. The van der Waals surface area contributed by atoms with Gasteiger partial charge in [0.25, 0.3) is 0 Å². The topological polar surface area (TPSA) is 92.3 Å². The molecule has 0 fully saturated rings. The van der Waals surface area contributed by atoms with Crippen molar-refractivity contribution in [2.45, 2.75) is 6.92 Å². The average Bonchev–Trinajstić information content (AvgIpc) is 3.07. The highest BCUT2D eigenvalue weighted by molar-refractivity contribution is 6.37. The lowest BCUT2D eigenvalue weighted by Gasteiger charge is -2.03. The highest BCUT2D eigenvalue weighted by atomic mass is 16.5. The van der Waals surface area contributed by atoms with Gasteiger partial charge in [-0.2, -0.15) is 5.26 Å². The maximum absolute atomic E-state index is 12.0. The van der Waals surface area contributed by atoms with Crippen molar-refractivity contribution < 1.29 is 18.7 Å². The van der Waals surface area contributed by atoms with E-state index in [-0.39, 0.29) is 18.1 Å². The van der Waals surface area contributed by atoms with Crippen LogP contribution < -0.4 is 5.32 Å². The quantitative estimate of drug-likeness (QED) is 0.561. The van der Waals surface area contributed by atoms with Gasteiger partial charge < -0.3 is 9.15 Å². The Kier molecular flexibility index (Phi) is 5.33. The summed E-state index contributed by atoms with van der Waals surface area (Å²) in [7, 11) is 0. The predicted molar refractivity (Wildman–Crippen MR) is 99.6 cm³/mol. The van der Waals surface area contributed by atoms with Crippen molar-refractivity contribution in [1.82, 2.24) is 0 Å². The lowest BCUT2D eigenvalue weighted by atomic mass is 9.98. The van der Waals surface area contributed by atoms with Gasteiger partial charge in [0.1, 0.15) is 17.4 Å². The van der Waals surface area contributed by atoms with Crippen LogP contribution in [0.1, 0.15) is 12.5 Å². The molecular formula is C21H16N2O4. The van der Waals surface area contributed by atoms with E-state index in [2.05, 4.69) is 16.1 Å². The van der Waals surface area contributed by atoms with Crippen molar-refractivity contribution in [2.75, 3.05) is 11.9 Å². The number of hydrogen-bond acceptors (Lipinski definition) is 5. The summed E-state index contributed by atoms with van der Waals surface area (Å²) in [6, 6.07) is 20.5. The van der Waals surface area contributed by atoms with Gasteiger partial charge in [-0.15, -0.1) is 0 Å². The van der Waals surface area contributed by atoms with Gasteiger partial charge in [-0.3, -0.25) is 10.1 Å². The number of rotatable bonds is 4. The molecule has 3 aromatic rings. The standard InChI is InChI=1S/C21H16N2O4/c1-2-26-21(25)19(24)23-20-16(13-22)17(14-9-5-3-6-10-14)18(27-20)15-11-7-4-8-12-15/h3-12H,2H2,1H3,(H,23,24). The second-order valence-electron chi connectivity index (χ2n) is 5.53. The summed E-state index contributed by atoms with van der Waals surface area (Å²) in [5.41, 5.74) is 2.18. The first kappa shape index (κ1) is 18.0. The van der Waals surface area contributed by atoms with Crippen LogP contribution in [0.3, 0.4) is 0 Å². The molecule has 0 saturated carbocycles. The van der Waals surface area contributed by atoms with Crippen LogP contribution in [-0.4, -0.2) is 18.5 Å². The first-order chi connectivity index (χ1) is 13.2. The van der Waals surface area contributed by atoms with E-state index in [1.807, 2.05) is 60.7 Å². The molecule has 1 amide bonds. The predicted octanol–water partition coefficient (Wildman–Crippen LogP) is 3.99. The van der Waals surface area contributed by atoms with Gasteiger partial charge in [-0.1, -0.05) is 60.7 Å². The fourth-order valence-corrected chi connectivity index (χ4v) is 2.65. The lowest BCUT2D eigenvalue weighted by Crippen LogP contribution is -2.25. The number of nitrogens with one attached hydrogen (secondary N) is 1. The molecule has 0 aliphatic heterocycles. The third kappa shape index (κ3) is 3.72. The monoisotopic (exact) mass is 360 g/mol. The average molecular weight is 360 g/mol. The molecule has 0 saturated heterocycles. The molecule has 1 N–H and O–H groups in total. The molecular weight excluding hydrogens is 344 g/mol. The van der Waals surface area contributed by atoms with E-state index in [0.717, 1.165) is 11.1 Å². The normalized spacial score (nSPS) is 10.1. The number of ether oxygens (including phenoxy) is 1. The number of furan rings is 1. The number of anilines is 1. The molecule has 6 nitrogen and oxygen atoms in total. The maximum atomic E-state index is 12.0. The first-order valence-corrected chi connectivity index (χ1v) is 8.31. The zero-order chi connectivity index (χ0) is 19.2. The Balaban J connectivity index is 2.14. The fourth-order valence-electron chi connectivity index (χ4n) is 2.65. The number of hydrogen-bond donors (Lipinski definition) is 1. The third-order valence-corrected chi connectivity index (χ3v) is 3.81. The summed E-state index contributed by atoms with van der Waals surface area (Å²) in [6.07, 6.45) is 0. The molecule has 0 aliphatic carbocycles. The molecule has 0 radical (unpaired) electrons. The molecule has 0 aliphatic rings. The second-order valence-corrected chi connectivity index (χ2v) is 5.53. The van der Waals surface area contributed by atoms with Gasteiger partial charge in [0.05, 0.1) is 6.61 Å². The molecule has 6 heteroatoms. The zero-order valence-electron chi connectivity index (χ0n) is 14.6. The summed E-state index contributed by atoms with van der Waals surface area (Å²) in [5.74, 6) is -1.70. The van der Waals surface area contributed by atoms with Crippen LogP contribution in [0.5, 0.6) is 0 Å². The van der Waals surface area contributed by atoms with Crippen LogP contribution in [0.15, 0.2) is 65.1 Å². The van der Waals surface area contributed by atoms with Crippen LogP contribution in [0, 0.1) is 11.3 Å². The minimum atomic E-state index is -1.04. The number of carbonyl (C=O) groups is 2. The molecule has 0 unspecified atom stereocenters. The Morgan fingerprint density at radius 3 is 2.19 bits per heavy atom.